The van der Waals surface area contributed by atoms with Crippen LogP contribution in [0.15, 0.2) is 22.7 Å². The number of halogens is 1. The first-order valence-corrected chi connectivity index (χ1v) is 7.29. The monoisotopic (exact) mass is 323 g/mol. The molecule has 0 bridgehead atoms. The largest absolute Gasteiger partial charge is 0.493 e. The van der Waals surface area contributed by atoms with E-state index in [0.29, 0.717) is 18.1 Å². The van der Waals surface area contributed by atoms with Crippen LogP contribution in [-0.4, -0.2) is 42.5 Å². The van der Waals surface area contributed by atoms with Crippen molar-refractivity contribution in [3.05, 3.63) is 29.7 Å². The van der Waals surface area contributed by atoms with E-state index in [4.69, 9.17) is 14.0 Å². The maximum absolute atomic E-state index is 5.65. The third kappa shape index (κ3) is 3.09. The molecule has 22 heavy (non-hydrogen) atoms. The molecule has 0 saturated carbocycles. The minimum Gasteiger partial charge on any atom is -0.493 e. The topological polar surface area (TPSA) is 69.4 Å². The molecule has 118 valence electrons. The molecule has 1 fully saturated rings. The summed E-state index contributed by atoms with van der Waals surface area (Å²) in [6.07, 6.45) is 1.70. The van der Waals surface area contributed by atoms with Crippen molar-refractivity contribution in [1.82, 2.24) is 15.5 Å². The number of aromatic nitrogens is 2. The van der Waals surface area contributed by atoms with Gasteiger partial charge in [-0.25, -0.2) is 0 Å². The first-order valence-electron chi connectivity index (χ1n) is 7.29. The van der Waals surface area contributed by atoms with Gasteiger partial charge in [-0.1, -0.05) is 5.16 Å². The number of hydrogen-bond acceptors (Lipinski definition) is 6. The van der Waals surface area contributed by atoms with E-state index in [-0.39, 0.29) is 18.5 Å². The summed E-state index contributed by atoms with van der Waals surface area (Å²) >= 11 is 0. The van der Waals surface area contributed by atoms with Gasteiger partial charge in [0.2, 0.25) is 11.7 Å². The highest BCUT2D eigenvalue weighted by molar-refractivity contribution is 5.85. The Bertz CT molecular complexity index is 641. The van der Waals surface area contributed by atoms with Gasteiger partial charge in [0, 0.05) is 25.1 Å². The summed E-state index contributed by atoms with van der Waals surface area (Å²) in [5, 5.41) is 7.37. The van der Waals surface area contributed by atoms with Crippen LogP contribution >= 0.6 is 12.4 Å². The number of nitrogens with zero attached hydrogens (tertiary/aromatic N) is 2. The van der Waals surface area contributed by atoms with Crippen molar-refractivity contribution in [3.8, 4) is 17.1 Å². The molecule has 1 N–H and O–H groups in total. The van der Waals surface area contributed by atoms with Gasteiger partial charge in [-0.2, -0.15) is 4.98 Å². The Balaban J connectivity index is 0.00000144. The second-order valence-electron chi connectivity index (χ2n) is 5.33. The van der Waals surface area contributed by atoms with Crippen molar-refractivity contribution in [1.29, 1.82) is 0 Å². The minimum absolute atomic E-state index is 0. The smallest absolute Gasteiger partial charge is 0.229 e. The molecule has 1 aromatic heterocycles. The van der Waals surface area contributed by atoms with Gasteiger partial charge >= 0.3 is 0 Å². The number of ether oxygens (including phenoxy) is 2. The molecule has 6 nitrogen and oxygen atoms in total. The van der Waals surface area contributed by atoms with Crippen molar-refractivity contribution in [2.24, 2.45) is 0 Å². The Kier molecular flexibility index (Phi) is 4.61. The maximum Gasteiger partial charge on any atom is 0.229 e. The number of nitrogens with one attached hydrogen (secondary N) is 1. The van der Waals surface area contributed by atoms with E-state index in [9.17, 15) is 0 Å². The van der Waals surface area contributed by atoms with E-state index in [0.717, 1.165) is 44.0 Å². The lowest BCUT2D eigenvalue weighted by Crippen LogP contribution is -2.39. The molecule has 0 spiro atoms. The number of morpholine rings is 1. The van der Waals surface area contributed by atoms with Crippen LogP contribution in [0.1, 0.15) is 11.5 Å². The summed E-state index contributed by atoms with van der Waals surface area (Å²) < 4.78 is 16.5. The second kappa shape index (κ2) is 6.64. The number of benzene rings is 1. The molecule has 3 heterocycles. The van der Waals surface area contributed by atoms with Gasteiger partial charge in [0.25, 0.3) is 0 Å². The summed E-state index contributed by atoms with van der Waals surface area (Å²) in [7, 11) is 0. The van der Waals surface area contributed by atoms with E-state index in [1.807, 2.05) is 12.1 Å². The van der Waals surface area contributed by atoms with Crippen molar-refractivity contribution in [2.75, 3.05) is 26.3 Å². The standard InChI is InChI=1S/C15H17N3O3.ClH/c1-2-13-10(3-5-20-13)7-11(1)15-17-14(21-18-15)8-12-9-16-4-6-19-12;/h1-2,7,12,16H,3-6,8-9H2;1H. The van der Waals surface area contributed by atoms with Crippen LogP contribution in [0.25, 0.3) is 11.4 Å². The van der Waals surface area contributed by atoms with Gasteiger partial charge < -0.3 is 19.3 Å². The molecule has 7 heteroatoms. The molecular weight excluding hydrogens is 306 g/mol. The Labute approximate surface area is 134 Å². The lowest BCUT2D eigenvalue weighted by molar-refractivity contribution is 0.0246. The Morgan fingerprint density at radius 2 is 2.23 bits per heavy atom. The molecule has 1 unspecified atom stereocenters. The molecule has 0 aliphatic carbocycles. The summed E-state index contributed by atoms with van der Waals surface area (Å²) in [5.74, 6) is 2.21. The van der Waals surface area contributed by atoms with Crippen LogP contribution in [0, 0.1) is 0 Å². The quantitative estimate of drug-likeness (QED) is 0.925. The van der Waals surface area contributed by atoms with Crippen molar-refractivity contribution in [3.63, 3.8) is 0 Å². The van der Waals surface area contributed by atoms with E-state index in [1.165, 1.54) is 5.56 Å². The molecule has 1 aromatic carbocycles. The SMILES string of the molecule is Cl.c1cc2c(cc1-c1noc(CC3CNCCO3)n1)CCO2. The number of rotatable bonds is 3. The molecule has 0 radical (unpaired) electrons. The molecule has 2 aromatic rings. The van der Waals surface area contributed by atoms with Gasteiger partial charge in [0.1, 0.15) is 5.75 Å². The molecule has 4 rings (SSSR count). The van der Waals surface area contributed by atoms with Crippen LogP contribution in [0.2, 0.25) is 0 Å². The average Bonchev–Trinajstić information content (AvgIpc) is 3.16. The molecule has 2 aliphatic heterocycles. The van der Waals surface area contributed by atoms with E-state index >= 15 is 0 Å². The average molecular weight is 324 g/mol. The highest BCUT2D eigenvalue weighted by Gasteiger charge is 2.19. The lowest BCUT2D eigenvalue weighted by Gasteiger charge is -2.21. The zero-order valence-corrected chi connectivity index (χ0v) is 12.9. The first kappa shape index (κ1) is 15.3. The summed E-state index contributed by atoms with van der Waals surface area (Å²) in [6.45, 7) is 3.22. The van der Waals surface area contributed by atoms with E-state index in [2.05, 4.69) is 21.5 Å². The zero-order valence-electron chi connectivity index (χ0n) is 12.1. The summed E-state index contributed by atoms with van der Waals surface area (Å²) in [4.78, 5) is 4.47. The molecule has 1 saturated heterocycles. The van der Waals surface area contributed by atoms with Crippen LogP contribution in [0.5, 0.6) is 5.75 Å². The fourth-order valence-corrected chi connectivity index (χ4v) is 2.73. The Morgan fingerprint density at radius 3 is 3.09 bits per heavy atom. The van der Waals surface area contributed by atoms with Crippen molar-refractivity contribution < 1.29 is 14.0 Å². The van der Waals surface area contributed by atoms with Gasteiger partial charge in [0.15, 0.2) is 0 Å². The van der Waals surface area contributed by atoms with Crippen LogP contribution in [0.3, 0.4) is 0 Å². The number of fused-ring (bicyclic) bond motifs is 1. The van der Waals surface area contributed by atoms with E-state index < -0.39 is 0 Å². The summed E-state index contributed by atoms with van der Waals surface area (Å²) in [5.41, 5.74) is 2.18. The van der Waals surface area contributed by atoms with Crippen LogP contribution < -0.4 is 10.1 Å². The highest BCUT2D eigenvalue weighted by Crippen LogP contribution is 2.29. The maximum atomic E-state index is 5.65. The van der Waals surface area contributed by atoms with Gasteiger partial charge in [-0.05, 0) is 23.8 Å². The third-order valence-corrected chi connectivity index (χ3v) is 3.82. The third-order valence-electron chi connectivity index (χ3n) is 3.82. The fourth-order valence-electron chi connectivity index (χ4n) is 2.73. The Hall–Kier alpha value is -1.63. The molecule has 2 aliphatic rings. The first-order chi connectivity index (χ1) is 10.4. The van der Waals surface area contributed by atoms with Gasteiger partial charge in [-0.15, -0.1) is 12.4 Å². The Morgan fingerprint density at radius 1 is 1.27 bits per heavy atom. The second-order valence-corrected chi connectivity index (χ2v) is 5.33. The van der Waals surface area contributed by atoms with Crippen LogP contribution in [-0.2, 0) is 17.6 Å². The number of hydrogen-bond donors (Lipinski definition) is 1. The fraction of sp³-hybridized carbons (Fsp3) is 0.467. The normalized spacial score (nSPS) is 20.1. The highest BCUT2D eigenvalue weighted by atomic mass is 35.5. The molecule has 0 amide bonds. The van der Waals surface area contributed by atoms with E-state index in [1.54, 1.807) is 0 Å². The molecule has 1 atom stereocenters. The van der Waals surface area contributed by atoms with Crippen molar-refractivity contribution in [2.45, 2.75) is 18.9 Å². The molecular formula is C15H18ClN3O3. The van der Waals surface area contributed by atoms with Gasteiger partial charge in [0.05, 0.1) is 25.7 Å². The summed E-state index contributed by atoms with van der Waals surface area (Å²) in [6, 6.07) is 6.02. The predicted molar refractivity (Wildman–Crippen MR) is 82.5 cm³/mol. The minimum atomic E-state index is 0. The van der Waals surface area contributed by atoms with Crippen LogP contribution in [0.4, 0.5) is 0 Å². The lowest BCUT2D eigenvalue weighted by atomic mass is 10.1. The zero-order chi connectivity index (χ0) is 14.1. The predicted octanol–water partition coefficient (Wildman–Crippen LogP) is 1.62. The van der Waals surface area contributed by atoms with Gasteiger partial charge in [-0.3, -0.25) is 0 Å². The van der Waals surface area contributed by atoms with Crippen molar-refractivity contribution >= 4 is 12.4 Å².